The van der Waals surface area contributed by atoms with Crippen LogP contribution in [0.3, 0.4) is 0 Å². The number of amides is 1. The maximum Gasteiger partial charge on any atom is 0.309 e. The minimum atomic E-state index is -0.855. The average molecular weight is 289 g/mol. The number of hydrogen-bond acceptors (Lipinski definition) is 4. The van der Waals surface area contributed by atoms with E-state index in [-0.39, 0.29) is 17.7 Å². The molecular weight excluding hydrogens is 270 g/mol. The van der Waals surface area contributed by atoms with E-state index in [1.807, 2.05) is 6.92 Å². The molecule has 2 rings (SSSR count). The van der Waals surface area contributed by atoms with Crippen molar-refractivity contribution in [3.8, 4) is 0 Å². The molecule has 1 amide bonds. The van der Waals surface area contributed by atoms with Crippen molar-refractivity contribution in [1.29, 1.82) is 0 Å². The van der Waals surface area contributed by atoms with E-state index in [0.717, 1.165) is 6.42 Å². The number of carbonyl (C=O) groups excluding carboxylic acids is 3. The number of nitrogens with one attached hydrogen (secondary N) is 1. The van der Waals surface area contributed by atoms with E-state index in [2.05, 4.69) is 5.32 Å². The molecule has 5 nitrogen and oxygen atoms in total. The summed E-state index contributed by atoms with van der Waals surface area (Å²) in [5.41, 5.74) is 1.03. The quantitative estimate of drug-likeness (QED) is 0.667. The van der Waals surface area contributed by atoms with E-state index in [0.29, 0.717) is 17.2 Å². The van der Waals surface area contributed by atoms with Gasteiger partial charge in [0.2, 0.25) is 0 Å². The van der Waals surface area contributed by atoms with Crippen molar-refractivity contribution < 1.29 is 19.1 Å². The molecule has 1 aliphatic rings. The highest BCUT2D eigenvalue weighted by Crippen LogP contribution is 2.38. The molecule has 0 heterocycles. The zero-order valence-electron chi connectivity index (χ0n) is 12.4. The molecule has 0 saturated heterocycles. The lowest BCUT2D eigenvalue weighted by Gasteiger charge is -2.13. The molecule has 1 N–H and O–H groups in total. The number of esters is 1. The number of Topliss-reactive ketones (excluding diaryl/α,β-unsaturated/α-hetero) is 1. The third kappa shape index (κ3) is 3.90. The van der Waals surface area contributed by atoms with Gasteiger partial charge in [0.1, 0.15) is 0 Å². The fraction of sp³-hybridized carbons (Fsp3) is 0.438. The number of hydrogen-bond donors (Lipinski definition) is 1. The molecule has 0 aromatic heterocycles. The number of benzene rings is 1. The minimum absolute atomic E-state index is 0.0682. The van der Waals surface area contributed by atoms with E-state index >= 15 is 0 Å². The lowest BCUT2D eigenvalue weighted by molar-refractivity contribution is -0.154. The van der Waals surface area contributed by atoms with Crippen molar-refractivity contribution >= 4 is 23.3 Å². The highest BCUT2D eigenvalue weighted by atomic mass is 16.5. The third-order valence-electron chi connectivity index (χ3n) is 3.61. The van der Waals surface area contributed by atoms with Crippen molar-refractivity contribution in [2.45, 2.75) is 33.3 Å². The second kappa shape index (κ2) is 6.08. The fourth-order valence-corrected chi connectivity index (χ4v) is 2.03. The van der Waals surface area contributed by atoms with Gasteiger partial charge < -0.3 is 10.1 Å². The molecule has 0 bridgehead atoms. The van der Waals surface area contributed by atoms with Gasteiger partial charge in [0, 0.05) is 11.3 Å². The van der Waals surface area contributed by atoms with Gasteiger partial charge in [-0.3, -0.25) is 14.4 Å². The molecule has 0 unspecified atom stereocenters. The van der Waals surface area contributed by atoms with E-state index in [9.17, 15) is 14.4 Å². The molecule has 0 radical (unpaired) electrons. The van der Waals surface area contributed by atoms with Crippen LogP contribution in [0.5, 0.6) is 0 Å². The molecule has 0 aliphatic heterocycles. The summed E-state index contributed by atoms with van der Waals surface area (Å²) in [6, 6.07) is 6.64. The highest BCUT2D eigenvalue weighted by Gasteiger charge is 2.41. The van der Waals surface area contributed by atoms with Crippen LogP contribution in [-0.2, 0) is 14.3 Å². The molecule has 1 aliphatic carbocycles. The summed E-state index contributed by atoms with van der Waals surface area (Å²) in [6.45, 7) is 4.97. The normalized spacial score (nSPS) is 21.3. The molecule has 1 fully saturated rings. The Morgan fingerprint density at radius 3 is 2.57 bits per heavy atom. The smallest absolute Gasteiger partial charge is 0.309 e. The first-order chi connectivity index (χ1) is 9.88. The predicted molar refractivity (Wildman–Crippen MR) is 77.9 cm³/mol. The van der Waals surface area contributed by atoms with Gasteiger partial charge in [-0.05, 0) is 38.3 Å². The summed E-state index contributed by atoms with van der Waals surface area (Å²) in [4.78, 5) is 35.0. The second-order valence-corrected chi connectivity index (χ2v) is 5.52. The molecule has 3 atom stereocenters. The molecule has 1 saturated carbocycles. The largest absolute Gasteiger partial charge is 0.452 e. The number of rotatable bonds is 5. The molecule has 1 aromatic carbocycles. The zero-order chi connectivity index (χ0) is 15.6. The van der Waals surface area contributed by atoms with Gasteiger partial charge in [0.05, 0.1) is 5.92 Å². The maximum absolute atomic E-state index is 12.0. The van der Waals surface area contributed by atoms with Crippen LogP contribution in [0.1, 0.15) is 37.6 Å². The summed E-state index contributed by atoms with van der Waals surface area (Å²) < 4.78 is 5.14. The van der Waals surface area contributed by atoms with Gasteiger partial charge >= 0.3 is 5.97 Å². The number of carbonyl (C=O) groups is 3. The summed E-state index contributed by atoms with van der Waals surface area (Å²) in [5.74, 6) is -0.519. The first-order valence-electron chi connectivity index (χ1n) is 7.01. The van der Waals surface area contributed by atoms with Crippen LogP contribution >= 0.6 is 0 Å². The topological polar surface area (TPSA) is 72.5 Å². The van der Waals surface area contributed by atoms with Crippen molar-refractivity contribution in [2.24, 2.45) is 11.8 Å². The Balaban J connectivity index is 1.92. The SMILES string of the molecule is CC(=O)c1cccc(NC(=O)[C@H](C)OC(=O)[C@@H]2C[C@@H]2C)c1. The van der Waals surface area contributed by atoms with Crippen LogP contribution in [0, 0.1) is 11.8 Å². The Kier molecular flexibility index (Phi) is 4.40. The van der Waals surface area contributed by atoms with Crippen LogP contribution in [0.2, 0.25) is 0 Å². The number of anilines is 1. The zero-order valence-corrected chi connectivity index (χ0v) is 12.4. The Morgan fingerprint density at radius 1 is 1.33 bits per heavy atom. The lowest BCUT2D eigenvalue weighted by Crippen LogP contribution is -2.30. The minimum Gasteiger partial charge on any atom is -0.452 e. The summed E-state index contributed by atoms with van der Waals surface area (Å²) in [6.07, 6.45) is -0.0281. The van der Waals surface area contributed by atoms with Crippen molar-refractivity contribution in [2.75, 3.05) is 5.32 Å². The third-order valence-corrected chi connectivity index (χ3v) is 3.61. The van der Waals surface area contributed by atoms with Gasteiger partial charge in [-0.15, -0.1) is 0 Å². The number of ether oxygens (including phenoxy) is 1. The van der Waals surface area contributed by atoms with Gasteiger partial charge in [0.25, 0.3) is 5.91 Å². The van der Waals surface area contributed by atoms with E-state index in [4.69, 9.17) is 4.74 Å². The standard InChI is InChI=1S/C16H19NO4/c1-9-7-14(9)16(20)21-11(3)15(19)17-13-6-4-5-12(8-13)10(2)18/h4-6,8-9,11,14H,7H2,1-3H3,(H,17,19)/t9-,11-,14+/m0/s1. The molecule has 5 heteroatoms. The molecule has 0 spiro atoms. The van der Waals surface area contributed by atoms with E-state index in [1.54, 1.807) is 24.3 Å². The van der Waals surface area contributed by atoms with Gasteiger partial charge in [0.15, 0.2) is 11.9 Å². The van der Waals surface area contributed by atoms with Gasteiger partial charge in [-0.25, -0.2) is 0 Å². The first kappa shape index (κ1) is 15.2. The van der Waals surface area contributed by atoms with Gasteiger partial charge in [-0.1, -0.05) is 19.1 Å². The average Bonchev–Trinajstić information content (AvgIpc) is 3.16. The van der Waals surface area contributed by atoms with Crippen molar-refractivity contribution in [3.63, 3.8) is 0 Å². The first-order valence-corrected chi connectivity index (χ1v) is 7.01. The molecule has 21 heavy (non-hydrogen) atoms. The monoisotopic (exact) mass is 289 g/mol. The van der Waals surface area contributed by atoms with Crippen LogP contribution in [-0.4, -0.2) is 23.8 Å². The van der Waals surface area contributed by atoms with E-state index < -0.39 is 12.0 Å². The van der Waals surface area contributed by atoms with Crippen molar-refractivity contribution in [1.82, 2.24) is 0 Å². The summed E-state index contributed by atoms with van der Waals surface area (Å²) in [5, 5.41) is 2.64. The van der Waals surface area contributed by atoms with Crippen LogP contribution < -0.4 is 5.32 Å². The van der Waals surface area contributed by atoms with Gasteiger partial charge in [-0.2, -0.15) is 0 Å². The van der Waals surface area contributed by atoms with Crippen LogP contribution in [0.15, 0.2) is 24.3 Å². The summed E-state index contributed by atoms with van der Waals surface area (Å²) >= 11 is 0. The second-order valence-electron chi connectivity index (χ2n) is 5.52. The number of ketones is 1. The fourth-order valence-electron chi connectivity index (χ4n) is 2.03. The van der Waals surface area contributed by atoms with E-state index in [1.165, 1.54) is 13.8 Å². The molecular formula is C16H19NO4. The predicted octanol–water partition coefficient (Wildman–Crippen LogP) is 2.42. The Hall–Kier alpha value is -2.17. The molecule has 1 aromatic rings. The lowest BCUT2D eigenvalue weighted by atomic mass is 10.1. The Bertz CT molecular complexity index is 581. The summed E-state index contributed by atoms with van der Waals surface area (Å²) in [7, 11) is 0. The van der Waals surface area contributed by atoms with Crippen LogP contribution in [0.4, 0.5) is 5.69 Å². The van der Waals surface area contributed by atoms with Crippen LogP contribution in [0.25, 0.3) is 0 Å². The molecule has 112 valence electrons. The Labute approximate surface area is 123 Å². The van der Waals surface area contributed by atoms with Crippen molar-refractivity contribution in [3.05, 3.63) is 29.8 Å². The highest BCUT2D eigenvalue weighted by molar-refractivity contribution is 5.98. The Morgan fingerprint density at radius 2 is 2.00 bits per heavy atom. The maximum atomic E-state index is 12.0.